The minimum absolute atomic E-state index is 0.186. The molecule has 0 aliphatic heterocycles. The van der Waals surface area contributed by atoms with Crippen LogP contribution < -0.4 is 10.1 Å². The van der Waals surface area contributed by atoms with Gasteiger partial charge in [0.1, 0.15) is 19.5 Å². The number of halogens is 2. The van der Waals surface area contributed by atoms with Crippen LogP contribution in [0.2, 0.25) is 10.0 Å². The van der Waals surface area contributed by atoms with E-state index in [1.807, 2.05) is 25.1 Å². The van der Waals surface area contributed by atoms with Crippen molar-refractivity contribution in [2.24, 2.45) is 5.16 Å². The van der Waals surface area contributed by atoms with Crippen LogP contribution in [0.4, 0.5) is 0 Å². The molecule has 0 spiro atoms. The van der Waals surface area contributed by atoms with Crippen LogP contribution in [0.25, 0.3) is 0 Å². The van der Waals surface area contributed by atoms with E-state index in [4.69, 9.17) is 32.8 Å². The van der Waals surface area contributed by atoms with Crippen LogP contribution in [0.15, 0.2) is 47.6 Å². The predicted molar refractivity (Wildman–Crippen MR) is 99.5 cm³/mol. The second-order valence-electron chi connectivity index (χ2n) is 5.00. The first-order valence-corrected chi connectivity index (χ1v) is 8.37. The number of nitrogens with one attached hydrogen (secondary N) is 1. The van der Waals surface area contributed by atoms with Crippen molar-refractivity contribution in [2.75, 3.05) is 13.7 Å². The van der Waals surface area contributed by atoms with E-state index in [-0.39, 0.29) is 18.2 Å². The Morgan fingerprint density at radius 1 is 1.20 bits per heavy atom. The normalized spacial score (nSPS) is 11.1. The number of hydrogen-bond acceptors (Lipinski definition) is 4. The average molecular weight is 381 g/mol. The monoisotopic (exact) mass is 380 g/mol. The Hall–Kier alpha value is -2.24. The summed E-state index contributed by atoms with van der Waals surface area (Å²) < 4.78 is 5.77. The number of oxime groups is 1. The second kappa shape index (κ2) is 9.30. The molecular formula is C18H18Cl2N2O3. The summed E-state index contributed by atoms with van der Waals surface area (Å²) in [6, 6.07) is 12.3. The van der Waals surface area contributed by atoms with Crippen molar-refractivity contribution in [3.8, 4) is 5.75 Å². The van der Waals surface area contributed by atoms with E-state index in [0.717, 1.165) is 5.56 Å². The molecule has 0 radical (unpaired) electrons. The van der Waals surface area contributed by atoms with Crippen molar-refractivity contribution < 1.29 is 14.4 Å². The number of likely N-dealkylation sites (N-methyl/N-ethyl adjacent to an activating group) is 1. The van der Waals surface area contributed by atoms with Crippen LogP contribution >= 0.6 is 23.2 Å². The summed E-state index contributed by atoms with van der Waals surface area (Å²) in [6.45, 7) is 2.53. The molecule has 0 fully saturated rings. The standard InChI is InChI=1S/C18H18Cl2N2O3/c1-3-21-18(23)17(22-24-2)14-7-5-4-6-12(14)11-25-16-9-8-13(19)10-15(16)20/h4-10H,3,11H2,1-2H3,(H,21,23)/b22-17-. The minimum atomic E-state index is -0.318. The van der Waals surface area contributed by atoms with Crippen molar-refractivity contribution >= 4 is 34.8 Å². The molecule has 0 unspecified atom stereocenters. The van der Waals surface area contributed by atoms with Gasteiger partial charge in [0, 0.05) is 17.1 Å². The molecule has 0 aliphatic carbocycles. The Kier molecular flexibility index (Phi) is 7.10. The molecule has 0 aromatic heterocycles. The van der Waals surface area contributed by atoms with Crippen molar-refractivity contribution in [1.82, 2.24) is 5.32 Å². The zero-order chi connectivity index (χ0) is 18.2. The highest BCUT2D eigenvalue weighted by molar-refractivity contribution is 6.45. The molecule has 2 rings (SSSR count). The van der Waals surface area contributed by atoms with Crippen LogP contribution in [0.1, 0.15) is 18.1 Å². The molecule has 0 aliphatic rings. The maximum absolute atomic E-state index is 12.3. The van der Waals surface area contributed by atoms with Gasteiger partial charge >= 0.3 is 0 Å². The number of carbonyl (C=O) groups excluding carboxylic acids is 1. The van der Waals surface area contributed by atoms with E-state index in [2.05, 4.69) is 10.5 Å². The molecule has 1 amide bonds. The van der Waals surface area contributed by atoms with E-state index in [0.29, 0.717) is 27.9 Å². The first-order valence-electron chi connectivity index (χ1n) is 7.62. The molecular weight excluding hydrogens is 363 g/mol. The molecule has 0 saturated carbocycles. The van der Waals surface area contributed by atoms with Crippen LogP contribution in [0.5, 0.6) is 5.75 Å². The van der Waals surface area contributed by atoms with Crippen LogP contribution in [-0.2, 0) is 16.2 Å². The van der Waals surface area contributed by atoms with Gasteiger partial charge in [-0.2, -0.15) is 0 Å². The molecule has 5 nitrogen and oxygen atoms in total. The molecule has 132 valence electrons. The predicted octanol–water partition coefficient (Wildman–Crippen LogP) is 4.06. The number of hydrogen-bond donors (Lipinski definition) is 1. The SMILES string of the molecule is CCNC(=O)/C(=N\OC)c1ccccc1COc1ccc(Cl)cc1Cl. The molecule has 1 N–H and O–H groups in total. The van der Waals surface area contributed by atoms with Gasteiger partial charge in [0.15, 0.2) is 5.71 Å². The van der Waals surface area contributed by atoms with Gasteiger partial charge in [-0.25, -0.2) is 0 Å². The van der Waals surface area contributed by atoms with E-state index in [9.17, 15) is 4.79 Å². The highest BCUT2D eigenvalue weighted by Crippen LogP contribution is 2.28. The van der Waals surface area contributed by atoms with Crippen LogP contribution in [-0.4, -0.2) is 25.3 Å². The minimum Gasteiger partial charge on any atom is -0.487 e. The molecule has 2 aromatic rings. The maximum Gasteiger partial charge on any atom is 0.273 e. The van der Waals surface area contributed by atoms with Gasteiger partial charge in [0.05, 0.1) is 5.02 Å². The Morgan fingerprint density at radius 2 is 1.96 bits per heavy atom. The molecule has 0 atom stereocenters. The fourth-order valence-electron chi connectivity index (χ4n) is 2.17. The van der Waals surface area contributed by atoms with Gasteiger partial charge in [-0.1, -0.05) is 52.6 Å². The third-order valence-corrected chi connectivity index (χ3v) is 3.82. The number of benzene rings is 2. The van der Waals surface area contributed by atoms with Crippen molar-refractivity contribution in [1.29, 1.82) is 0 Å². The largest absolute Gasteiger partial charge is 0.487 e. The van der Waals surface area contributed by atoms with Gasteiger partial charge < -0.3 is 14.9 Å². The van der Waals surface area contributed by atoms with Gasteiger partial charge in [-0.3, -0.25) is 4.79 Å². The number of ether oxygens (including phenoxy) is 1. The Balaban J connectivity index is 2.27. The average Bonchev–Trinajstić information content (AvgIpc) is 2.59. The fraction of sp³-hybridized carbons (Fsp3) is 0.222. The highest BCUT2D eigenvalue weighted by atomic mass is 35.5. The lowest BCUT2D eigenvalue weighted by atomic mass is 10.0. The molecule has 0 bridgehead atoms. The lowest BCUT2D eigenvalue weighted by molar-refractivity contribution is -0.114. The fourth-order valence-corrected chi connectivity index (χ4v) is 2.64. The summed E-state index contributed by atoms with van der Waals surface area (Å²) >= 11 is 12.0. The van der Waals surface area contributed by atoms with Gasteiger partial charge in [0.25, 0.3) is 5.91 Å². The number of nitrogens with zero attached hydrogens (tertiary/aromatic N) is 1. The summed E-state index contributed by atoms with van der Waals surface area (Å²) in [5.41, 5.74) is 1.58. The lowest BCUT2D eigenvalue weighted by Crippen LogP contribution is -2.32. The second-order valence-corrected chi connectivity index (χ2v) is 5.85. The summed E-state index contributed by atoms with van der Waals surface area (Å²) in [4.78, 5) is 17.1. The molecule has 0 saturated heterocycles. The Labute approximate surface area is 156 Å². The molecule has 2 aromatic carbocycles. The van der Waals surface area contributed by atoms with Crippen molar-refractivity contribution in [3.63, 3.8) is 0 Å². The Morgan fingerprint density at radius 3 is 2.64 bits per heavy atom. The first-order chi connectivity index (χ1) is 12.1. The van der Waals surface area contributed by atoms with E-state index >= 15 is 0 Å². The topological polar surface area (TPSA) is 59.9 Å². The summed E-state index contributed by atoms with van der Waals surface area (Å²) in [6.07, 6.45) is 0. The summed E-state index contributed by atoms with van der Waals surface area (Å²) in [5, 5.41) is 7.53. The number of rotatable bonds is 7. The Bertz CT molecular complexity index is 779. The zero-order valence-electron chi connectivity index (χ0n) is 13.9. The maximum atomic E-state index is 12.3. The van der Waals surface area contributed by atoms with Gasteiger partial charge in [0.2, 0.25) is 0 Å². The first kappa shape index (κ1) is 19.1. The van der Waals surface area contributed by atoms with Crippen molar-refractivity contribution in [2.45, 2.75) is 13.5 Å². The third kappa shape index (κ3) is 5.11. The van der Waals surface area contributed by atoms with Gasteiger partial charge in [-0.05, 0) is 30.7 Å². The smallest absolute Gasteiger partial charge is 0.273 e. The molecule has 7 heteroatoms. The highest BCUT2D eigenvalue weighted by Gasteiger charge is 2.18. The lowest BCUT2D eigenvalue weighted by Gasteiger charge is -2.13. The summed E-state index contributed by atoms with van der Waals surface area (Å²) in [5.74, 6) is 0.186. The van der Waals surface area contributed by atoms with Crippen LogP contribution in [0, 0.1) is 0 Å². The van der Waals surface area contributed by atoms with Crippen molar-refractivity contribution in [3.05, 3.63) is 63.6 Å². The van der Waals surface area contributed by atoms with Gasteiger partial charge in [-0.15, -0.1) is 0 Å². The third-order valence-electron chi connectivity index (χ3n) is 3.28. The summed E-state index contributed by atoms with van der Waals surface area (Å²) in [7, 11) is 1.39. The van der Waals surface area contributed by atoms with E-state index < -0.39 is 0 Å². The molecule has 25 heavy (non-hydrogen) atoms. The number of amides is 1. The number of carbonyl (C=O) groups is 1. The molecule has 0 heterocycles. The zero-order valence-corrected chi connectivity index (χ0v) is 15.4. The quantitative estimate of drug-likeness (QED) is 0.581. The van der Waals surface area contributed by atoms with E-state index in [1.165, 1.54) is 7.11 Å². The van der Waals surface area contributed by atoms with Crippen LogP contribution in [0.3, 0.4) is 0 Å². The van der Waals surface area contributed by atoms with E-state index in [1.54, 1.807) is 24.3 Å².